The second kappa shape index (κ2) is 4.93. The lowest BCUT2D eigenvalue weighted by Gasteiger charge is -2.04. The lowest BCUT2D eigenvalue weighted by atomic mass is 10.2. The summed E-state index contributed by atoms with van der Waals surface area (Å²) < 4.78 is 2.82. The lowest BCUT2D eigenvalue weighted by Crippen LogP contribution is -1.92. The van der Waals surface area contributed by atoms with Gasteiger partial charge in [0.15, 0.2) is 0 Å². The summed E-state index contributed by atoms with van der Waals surface area (Å²) in [6, 6.07) is 13.3. The molecule has 20 heavy (non-hydrogen) atoms. The fourth-order valence-corrected chi connectivity index (χ4v) is 2.58. The van der Waals surface area contributed by atoms with Gasteiger partial charge in [-0.25, -0.2) is 4.98 Å². The van der Waals surface area contributed by atoms with Gasteiger partial charge in [-0.3, -0.25) is 0 Å². The molecule has 0 fully saturated rings. The van der Waals surface area contributed by atoms with Crippen LogP contribution in [0.3, 0.4) is 0 Å². The summed E-state index contributed by atoms with van der Waals surface area (Å²) in [5.74, 6) is 0.824. The molecule has 0 N–H and O–H groups in total. The third-order valence-corrected chi connectivity index (χ3v) is 4.42. The zero-order valence-electron chi connectivity index (χ0n) is 10.6. The Kier molecular flexibility index (Phi) is 3.25. The number of fused-ring (bicyclic) bond motifs is 1. The van der Waals surface area contributed by atoms with E-state index in [1.54, 1.807) is 6.07 Å². The topological polar surface area (TPSA) is 41.6 Å². The van der Waals surface area contributed by atoms with Gasteiger partial charge in [-0.15, -0.1) is 0 Å². The summed E-state index contributed by atoms with van der Waals surface area (Å²) in [7, 11) is 1.93. The third kappa shape index (κ3) is 2.09. The Hall–Kier alpha value is -1.83. The molecule has 0 aliphatic rings. The predicted octanol–water partition coefficient (Wildman–Crippen LogP) is 4.53. The number of aryl methyl sites for hydroxylation is 1. The fraction of sp³-hybridized carbons (Fsp3) is 0.0667. The van der Waals surface area contributed by atoms with Gasteiger partial charge < -0.3 is 4.57 Å². The molecule has 0 bridgehead atoms. The van der Waals surface area contributed by atoms with Crippen molar-refractivity contribution >= 4 is 38.6 Å². The first-order valence-corrected chi connectivity index (χ1v) is 7.09. The van der Waals surface area contributed by atoms with Crippen LogP contribution >= 0.6 is 27.5 Å². The number of nitriles is 1. The maximum absolute atomic E-state index is 8.98. The van der Waals surface area contributed by atoms with Crippen LogP contribution in [-0.4, -0.2) is 9.55 Å². The van der Waals surface area contributed by atoms with E-state index in [-0.39, 0.29) is 0 Å². The highest BCUT2D eigenvalue weighted by Gasteiger charge is 2.11. The Bertz CT molecular complexity index is 861. The van der Waals surface area contributed by atoms with Crippen LogP contribution < -0.4 is 0 Å². The summed E-state index contributed by atoms with van der Waals surface area (Å²) in [5.41, 5.74) is 3.36. The number of imidazole rings is 1. The molecule has 3 rings (SSSR count). The molecule has 0 atom stereocenters. The van der Waals surface area contributed by atoms with Crippen LogP contribution in [0.1, 0.15) is 5.56 Å². The Balaban J connectivity index is 2.24. The van der Waals surface area contributed by atoms with Crippen LogP contribution in [0.4, 0.5) is 0 Å². The third-order valence-electron chi connectivity index (χ3n) is 3.19. The molecule has 1 heterocycles. The molecule has 1 aromatic heterocycles. The van der Waals surface area contributed by atoms with Crippen molar-refractivity contribution < 1.29 is 0 Å². The predicted molar refractivity (Wildman–Crippen MR) is 83.6 cm³/mol. The van der Waals surface area contributed by atoms with Crippen molar-refractivity contribution in [3.63, 3.8) is 0 Å². The number of aromatic nitrogens is 2. The minimum atomic E-state index is 0.626. The van der Waals surface area contributed by atoms with Crippen molar-refractivity contribution in [2.45, 2.75) is 0 Å². The molecule has 0 amide bonds. The smallest absolute Gasteiger partial charge is 0.140 e. The highest BCUT2D eigenvalue weighted by Crippen LogP contribution is 2.30. The molecule has 0 spiro atoms. The van der Waals surface area contributed by atoms with Crippen molar-refractivity contribution in [1.29, 1.82) is 5.26 Å². The van der Waals surface area contributed by atoms with E-state index in [0.717, 1.165) is 26.9 Å². The number of nitrogens with zero attached hydrogens (tertiary/aromatic N) is 3. The lowest BCUT2D eigenvalue weighted by molar-refractivity contribution is 0.959. The maximum Gasteiger partial charge on any atom is 0.140 e. The van der Waals surface area contributed by atoms with Gasteiger partial charge in [0, 0.05) is 17.1 Å². The van der Waals surface area contributed by atoms with Gasteiger partial charge in [-0.1, -0.05) is 17.7 Å². The Morgan fingerprint density at radius 1 is 1.25 bits per heavy atom. The molecule has 0 unspecified atom stereocenters. The fourth-order valence-electron chi connectivity index (χ4n) is 2.15. The highest BCUT2D eigenvalue weighted by molar-refractivity contribution is 9.10. The number of hydrogen-bond acceptors (Lipinski definition) is 2. The standard InChI is InChI=1S/C15H9BrClN3/c1-20-14-6-9(8-18)2-5-13(14)19-15(20)10-3-4-11(16)12(17)7-10/h2-7H,1H3. The first kappa shape index (κ1) is 13.2. The molecule has 0 aliphatic carbocycles. The van der Waals surface area contributed by atoms with Crippen molar-refractivity contribution in [1.82, 2.24) is 9.55 Å². The second-order valence-corrected chi connectivity index (χ2v) is 5.70. The van der Waals surface area contributed by atoms with E-state index >= 15 is 0 Å². The summed E-state index contributed by atoms with van der Waals surface area (Å²) in [4.78, 5) is 4.61. The summed E-state index contributed by atoms with van der Waals surface area (Å²) in [6.45, 7) is 0. The monoisotopic (exact) mass is 345 g/mol. The summed E-state index contributed by atoms with van der Waals surface area (Å²) >= 11 is 9.51. The first-order chi connectivity index (χ1) is 9.60. The molecular weight excluding hydrogens is 338 g/mol. The van der Waals surface area contributed by atoms with Crippen molar-refractivity contribution in [3.8, 4) is 17.5 Å². The molecule has 3 nitrogen and oxygen atoms in total. The van der Waals surface area contributed by atoms with Gasteiger partial charge in [-0.05, 0) is 46.3 Å². The van der Waals surface area contributed by atoms with E-state index in [1.807, 2.05) is 41.9 Å². The second-order valence-electron chi connectivity index (χ2n) is 4.44. The molecule has 0 saturated heterocycles. The minimum absolute atomic E-state index is 0.626. The van der Waals surface area contributed by atoms with Gasteiger partial charge in [-0.2, -0.15) is 5.26 Å². The summed E-state index contributed by atoms with van der Waals surface area (Å²) in [6.07, 6.45) is 0. The van der Waals surface area contributed by atoms with E-state index in [1.165, 1.54) is 0 Å². The Morgan fingerprint density at radius 3 is 2.75 bits per heavy atom. The van der Waals surface area contributed by atoms with Crippen molar-refractivity contribution in [2.75, 3.05) is 0 Å². The van der Waals surface area contributed by atoms with E-state index < -0.39 is 0 Å². The Labute approximate surface area is 129 Å². The molecule has 2 aromatic carbocycles. The number of rotatable bonds is 1. The maximum atomic E-state index is 8.98. The number of halogens is 2. The zero-order chi connectivity index (χ0) is 14.3. The molecule has 0 saturated carbocycles. The van der Waals surface area contributed by atoms with Crippen LogP contribution in [0.15, 0.2) is 40.9 Å². The summed E-state index contributed by atoms with van der Waals surface area (Å²) in [5, 5.41) is 9.62. The molecule has 5 heteroatoms. The van der Waals surface area contributed by atoms with E-state index in [4.69, 9.17) is 16.9 Å². The minimum Gasteiger partial charge on any atom is -0.327 e. The molecule has 0 aliphatic heterocycles. The average Bonchev–Trinajstić information content (AvgIpc) is 2.79. The largest absolute Gasteiger partial charge is 0.327 e. The van der Waals surface area contributed by atoms with Gasteiger partial charge >= 0.3 is 0 Å². The quantitative estimate of drug-likeness (QED) is 0.649. The average molecular weight is 347 g/mol. The number of benzene rings is 2. The van der Waals surface area contributed by atoms with Crippen LogP contribution in [0, 0.1) is 11.3 Å². The van der Waals surface area contributed by atoms with E-state index in [2.05, 4.69) is 27.0 Å². The van der Waals surface area contributed by atoms with Crippen molar-refractivity contribution in [3.05, 3.63) is 51.5 Å². The highest BCUT2D eigenvalue weighted by atomic mass is 79.9. The van der Waals surface area contributed by atoms with E-state index in [0.29, 0.717) is 10.6 Å². The Morgan fingerprint density at radius 2 is 2.05 bits per heavy atom. The molecule has 3 aromatic rings. The van der Waals surface area contributed by atoms with Gasteiger partial charge in [0.05, 0.1) is 27.7 Å². The van der Waals surface area contributed by atoms with Crippen molar-refractivity contribution in [2.24, 2.45) is 7.05 Å². The van der Waals surface area contributed by atoms with Gasteiger partial charge in [0.25, 0.3) is 0 Å². The van der Waals surface area contributed by atoms with E-state index in [9.17, 15) is 0 Å². The van der Waals surface area contributed by atoms with Crippen LogP contribution in [0.5, 0.6) is 0 Å². The van der Waals surface area contributed by atoms with Crippen LogP contribution in [0.2, 0.25) is 5.02 Å². The normalized spacial score (nSPS) is 10.7. The van der Waals surface area contributed by atoms with Crippen LogP contribution in [-0.2, 0) is 7.05 Å². The van der Waals surface area contributed by atoms with Gasteiger partial charge in [0.2, 0.25) is 0 Å². The number of hydrogen-bond donors (Lipinski definition) is 0. The zero-order valence-corrected chi connectivity index (χ0v) is 12.9. The SMILES string of the molecule is Cn1c(-c2ccc(Br)c(Cl)c2)nc2ccc(C#N)cc21. The molecule has 98 valence electrons. The first-order valence-electron chi connectivity index (χ1n) is 5.92. The van der Waals surface area contributed by atoms with Gasteiger partial charge in [0.1, 0.15) is 5.82 Å². The molecular formula is C15H9BrClN3. The van der Waals surface area contributed by atoms with Crippen LogP contribution in [0.25, 0.3) is 22.4 Å². The molecule has 0 radical (unpaired) electrons.